The Morgan fingerprint density at radius 3 is 2.65 bits per heavy atom. The zero-order valence-electron chi connectivity index (χ0n) is 14.8. The van der Waals surface area contributed by atoms with Crippen LogP contribution in [-0.2, 0) is 6.54 Å². The first kappa shape index (κ1) is 17.5. The fourth-order valence-electron chi connectivity index (χ4n) is 2.56. The van der Waals surface area contributed by atoms with Crippen molar-refractivity contribution in [2.75, 3.05) is 13.7 Å². The Hall–Kier alpha value is -3.28. The van der Waals surface area contributed by atoms with Crippen molar-refractivity contribution in [2.24, 2.45) is 0 Å². The molecule has 26 heavy (non-hydrogen) atoms. The van der Waals surface area contributed by atoms with E-state index in [1.54, 1.807) is 13.2 Å². The number of para-hydroxylation sites is 1. The number of hydrogen-bond acceptors (Lipinski definition) is 4. The van der Waals surface area contributed by atoms with E-state index in [1.807, 2.05) is 55.5 Å². The number of aromatic nitrogens is 2. The van der Waals surface area contributed by atoms with Crippen molar-refractivity contribution in [2.45, 2.75) is 13.5 Å². The van der Waals surface area contributed by atoms with Gasteiger partial charge in [0.05, 0.1) is 19.4 Å². The second-order valence-electron chi connectivity index (χ2n) is 5.62. The van der Waals surface area contributed by atoms with Crippen LogP contribution in [0.3, 0.4) is 0 Å². The third-order valence-electron chi connectivity index (χ3n) is 3.92. The highest BCUT2D eigenvalue weighted by Crippen LogP contribution is 2.21. The van der Waals surface area contributed by atoms with E-state index in [-0.39, 0.29) is 5.91 Å². The molecule has 0 aliphatic heterocycles. The molecule has 3 rings (SSSR count). The molecule has 1 aromatic heterocycles. The number of nitrogens with zero attached hydrogens (tertiary/aromatic N) is 1. The van der Waals surface area contributed by atoms with Crippen LogP contribution >= 0.6 is 0 Å². The molecule has 2 N–H and O–H groups in total. The van der Waals surface area contributed by atoms with E-state index < -0.39 is 0 Å². The third kappa shape index (κ3) is 4.03. The quantitative estimate of drug-likeness (QED) is 0.684. The fraction of sp³-hybridized carbons (Fsp3) is 0.200. The van der Waals surface area contributed by atoms with Crippen molar-refractivity contribution >= 4 is 5.91 Å². The van der Waals surface area contributed by atoms with Gasteiger partial charge in [-0.2, -0.15) is 5.10 Å². The lowest BCUT2D eigenvalue weighted by Crippen LogP contribution is -2.23. The highest BCUT2D eigenvalue weighted by molar-refractivity contribution is 5.93. The standard InChI is InChI=1S/C20H21N3O3/c1-3-26-19-7-5-4-6-15(19)13-21-20(24)18-12-17(22-23-18)14-8-10-16(25-2)11-9-14/h4-12H,3,13H2,1-2H3,(H,21,24)(H,22,23). The van der Waals surface area contributed by atoms with E-state index >= 15 is 0 Å². The van der Waals surface area contributed by atoms with Crippen LogP contribution < -0.4 is 14.8 Å². The number of benzene rings is 2. The molecular weight excluding hydrogens is 330 g/mol. The molecule has 0 atom stereocenters. The molecule has 0 aliphatic carbocycles. The molecule has 0 bridgehead atoms. The molecule has 6 heteroatoms. The molecule has 0 fully saturated rings. The molecule has 0 aliphatic rings. The number of carbonyl (C=O) groups excluding carboxylic acids is 1. The van der Waals surface area contributed by atoms with Crippen LogP contribution in [-0.4, -0.2) is 29.8 Å². The molecule has 0 spiro atoms. The van der Waals surface area contributed by atoms with E-state index in [4.69, 9.17) is 9.47 Å². The monoisotopic (exact) mass is 351 g/mol. The first-order valence-electron chi connectivity index (χ1n) is 8.40. The summed E-state index contributed by atoms with van der Waals surface area (Å²) in [5.41, 5.74) is 2.94. The van der Waals surface area contributed by atoms with Gasteiger partial charge in [0.2, 0.25) is 0 Å². The Labute approximate surface area is 152 Å². The van der Waals surface area contributed by atoms with E-state index in [9.17, 15) is 4.79 Å². The number of rotatable bonds is 7. The highest BCUT2D eigenvalue weighted by Gasteiger charge is 2.12. The van der Waals surface area contributed by atoms with Gasteiger partial charge in [0.25, 0.3) is 5.91 Å². The summed E-state index contributed by atoms with van der Waals surface area (Å²) < 4.78 is 10.7. The number of nitrogens with one attached hydrogen (secondary N) is 2. The van der Waals surface area contributed by atoms with Crippen LogP contribution in [0.2, 0.25) is 0 Å². The first-order chi connectivity index (χ1) is 12.7. The van der Waals surface area contributed by atoms with Gasteiger partial charge in [-0.25, -0.2) is 0 Å². The summed E-state index contributed by atoms with van der Waals surface area (Å²) in [6.45, 7) is 2.89. The Morgan fingerprint density at radius 1 is 1.15 bits per heavy atom. The minimum Gasteiger partial charge on any atom is -0.497 e. The van der Waals surface area contributed by atoms with Crippen molar-refractivity contribution in [3.8, 4) is 22.8 Å². The van der Waals surface area contributed by atoms with Crippen molar-refractivity contribution in [1.29, 1.82) is 0 Å². The van der Waals surface area contributed by atoms with Gasteiger partial charge in [-0.1, -0.05) is 18.2 Å². The lowest BCUT2D eigenvalue weighted by atomic mass is 10.1. The van der Waals surface area contributed by atoms with Gasteiger partial charge in [-0.3, -0.25) is 9.89 Å². The molecule has 0 saturated heterocycles. The van der Waals surface area contributed by atoms with Crippen molar-refractivity contribution < 1.29 is 14.3 Å². The Kier molecular flexibility index (Phi) is 5.53. The van der Waals surface area contributed by atoms with Gasteiger partial charge in [0, 0.05) is 17.7 Å². The zero-order valence-corrected chi connectivity index (χ0v) is 14.8. The van der Waals surface area contributed by atoms with E-state index in [0.29, 0.717) is 24.5 Å². The average molecular weight is 351 g/mol. The van der Waals surface area contributed by atoms with Gasteiger partial charge >= 0.3 is 0 Å². The normalized spacial score (nSPS) is 10.4. The Balaban J connectivity index is 1.66. The smallest absolute Gasteiger partial charge is 0.269 e. The summed E-state index contributed by atoms with van der Waals surface area (Å²) >= 11 is 0. The molecule has 0 unspecified atom stereocenters. The number of H-pyrrole nitrogens is 1. The van der Waals surface area contributed by atoms with Gasteiger partial charge in [0.15, 0.2) is 0 Å². The summed E-state index contributed by atoms with van der Waals surface area (Å²) in [6, 6.07) is 16.9. The Bertz CT molecular complexity index is 872. The van der Waals surface area contributed by atoms with E-state index in [1.165, 1.54) is 0 Å². The minimum atomic E-state index is -0.219. The topological polar surface area (TPSA) is 76.2 Å². The second-order valence-corrected chi connectivity index (χ2v) is 5.62. The maximum absolute atomic E-state index is 12.4. The summed E-state index contributed by atoms with van der Waals surface area (Å²) in [5.74, 6) is 1.33. The number of ether oxygens (including phenoxy) is 2. The Morgan fingerprint density at radius 2 is 1.92 bits per heavy atom. The summed E-state index contributed by atoms with van der Waals surface area (Å²) in [4.78, 5) is 12.4. The minimum absolute atomic E-state index is 0.219. The van der Waals surface area contributed by atoms with Crippen LogP contribution in [0.5, 0.6) is 11.5 Å². The van der Waals surface area contributed by atoms with Gasteiger partial charge in [0.1, 0.15) is 17.2 Å². The molecule has 1 amide bonds. The van der Waals surface area contributed by atoms with Crippen LogP contribution in [0.25, 0.3) is 11.3 Å². The number of hydrogen-bond donors (Lipinski definition) is 2. The molecule has 6 nitrogen and oxygen atoms in total. The highest BCUT2D eigenvalue weighted by atomic mass is 16.5. The molecular formula is C20H21N3O3. The number of methoxy groups -OCH3 is 1. The number of carbonyl (C=O) groups is 1. The first-order valence-corrected chi connectivity index (χ1v) is 8.40. The lowest BCUT2D eigenvalue weighted by molar-refractivity contribution is 0.0945. The van der Waals surface area contributed by atoms with E-state index in [0.717, 1.165) is 22.6 Å². The van der Waals surface area contributed by atoms with Gasteiger partial charge in [-0.05, 0) is 43.3 Å². The molecule has 2 aromatic carbocycles. The van der Waals surface area contributed by atoms with Crippen LogP contribution in [0.4, 0.5) is 0 Å². The average Bonchev–Trinajstić information content (AvgIpc) is 3.18. The largest absolute Gasteiger partial charge is 0.497 e. The summed E-state index contributed by atoms with van der Waals surface area (Å²) in [7, 11) is 1.62. The molecule has 3 aromatic rings. The maximum Gasteiger partial charge on any atom is 0.269 e. The summed E-state index contributed by atoms with van der Waals surface area (Å²) in [5, 5.41) is 9.88. The zero-order chi connectivity index (χ0) is 18.4. The summed E-state index contributed by atoms with van der Waals surface area (Å²) in [6.07, 6.45) is 0. The SMILES string of the molecule is CCOc1ccccc1CNC(=O)c1cc(-c2ccc(OC)cc2)n[nH]1. The predicted molar refractivity (Wildman–Crippen MR) is 99.4 cm³/mol. The van der Waals surface area contributed by atoms with Crippen LogP contribution in [0, 0.1) is 0 Å². The van der Waals surface area contributed by atoms with Crippen molar-refractivity contribution in [3.63, 3.8) is 0 Å². The predicted octanol–water partition coefficient (Wildman–Crippen LogP) is 3.41. The number of amides is 1. The molecule has 134 valence electrons. The van der Waals surface area contributed by atoms with Crippen molar-refractivity contribution in [1.82, 2.24) is 15.5 Å². The maximum atomic E-state index is 12.4. The lowest BCUT2D eigenvalue weighted by Gasteiger charge is -2.10. The van der Waals surface area contributed by atoms with Gasteiger partial charge < -0.3 is 14.8 Å². The van der Waals surface area contributed by atoms with Crippen LogP contribution in [0.15, 0.2) is 54.6 Å². The van der Waals surface area contributed by atoms with Gasteiger partial charge in [-0.15, -0.1) is 0 Å². The molecule has 1 heterocycles. The van der Waals surface area contributed by atoms with Crippen molar-refractivity contribution in [3.05, 3.63) is 65.9 Å². The molecule has 0 saturated carbocycles. The third-order valence-corrected chi connectivity index (χ3v) is 3.92. The second kappa shape index (κ2) is 8.20. The fourth-order valence-corrected chi connectivity index (χ4v) is 2.56. The molecule has 0 radical (unpaired) electrons. The number of aromatic amines is 1. The van der Waals surface area contributed by atoms with Crippen LogP contribution in [0.1, 0.15) is 23.0 Å². The van der Waals surface area contributed by atoms with E-state index in [2.05, 4.69) is 15.5 Å².